The normalized spacial score (nSPS) is 22.9. The SMILES string of the molecule is Cc1cccc(CC(O)C2CCCS2)c1. The molecule has 0 amide bonds. The third-order valence-corrected chi connectivity index (χ3v) is 4.42. The minimum absolute atomic E-state index is 0.167. The highest BCUT2D eigenvalue weighted by Gasteiger charge is 2.23. The Labute approximate surface area is 95.9 Å². The molecule has 1 saturated heterocycles. The molecule has 0 bridgehead atoms. The fraction of sp³-hybridized carbons (Fsp3) is 0.538. The first-order valence-corrected chi connectivity index (χ1v) is 6.66. The van der Waals surface area contributed by atoms with Gasteiger partial charge in [-0.1, -0.05) is 29.8 Å². The van der Waals surface area contributed by atoms with E-state index in [2.05, 4.69) is 31.2 Å². The van der Waals surface area contributed by atoms with Gasteiger partial charge in [-0.2, -0.15) is 11.8 Å². The van der Waals surface area contributed by atoms with Crippen molar-refractivity contribution < 1.29 is 5.11 Å². The molecule has 1 nitrogen and oxygen atoms in total. The summed E-state index contributed by atoms with van der Waals surface area (Å²) in [5.41, 5.74) is 2.54. The summed E-state index contributed by atoms with van der Waals surface area (Å²) < 4.78 is 0. The van der Waals surface area contributed by atoms with Crippen LogP contribution in [0.5, 0.6) is 0 Å². The summed E-state index contributed by atoms with van der Waals surface area (Å²) in [4.78, 5) is 0. The fourth-order valence-corrected chi connectivity index (χ4v) is 3.41. The Balaban J connectivity index is 1.95. The Bertz CT molecular complexity index is 318. The maximum atomic E-state index is 10.1. The molecule has 0 spiro atoms. The van der Waals surface area contributed by atoms with E-state index in [1.165, 1.54) is 29.7 Å². The van der Waals surface area contributed by atoms with E-state index in [1.807, 2.05) is 11.8 Å². The van der Waals surface area contributed by atoms with E-state index in [1.54, 1.807) is 0 Å². The molecule has 0 aliphatic carbocycles. The Morgan fingerprint density at radius 2 is 2.40 bits per heavy atom. The van der Waals surface area contributed by atoms with Gasteiger partial charge in [-0.05, 0) is 37.5 Å². The molecule has 1 aromatic carbocycles. The fourth-order valence-electron chi connectivity index (χ4n) is 2.12. The topological polar surface area (TPSA) is 20.2 Å². The van der Waals surface area contributed by atoms with Gasteiger partial charge in [0.2, 0.25) is 0 Å². The molecule has 0 radical (unpaired) electrons. The maximum Gasteiger partial charge on any atom is 0.0699 e. The predicted octanol–water partition coefficient (Wildman–Crippen LogP) is 2.79. The predicted molar refractivity (Wildman–Crippen MR) is 66.4 cm³/mol. The molecule has 1 aliphatic heterocycles. The van der Waals surface area contributed by atoms with Crippen LogP contribution in [0.3, 0.4) is 0 Å². The van der Waals surface area contributed by atoms with Crippen LogP contribution in [0.1, 0.15) is 24.0 Å². The number of aliphatic hydroxyl groups is 1. The van der Waals surface area contributed by atoms with Crippen LogP contribution in [0, 0.1) is 6.92 Å². The van der Waals surface area contributed by atoms with Crippen molar-refractivity contribution in [2.45, 2.75) is 37.5 Å². The molecule has 2 atom stereocenters. The molecule has 1 aliphatic rings. The third kappa shape index (κ3) is 2.99. The first-order valence-electron chi connectivity index (χ1n) is 5.61. The van der Waals surface area contributed by atoms with Crippen molar-refractivity contribution in [3.8, 4) is 0 Å². The minimum atomic E-state index is -0.167. The van der Waals surface area contributed by atoms with Crippen LogP contribution in [0.25, 0.3) is 0 Å². The summed E-state index contributed by atoms with van der Waals surface area (Å²) >= 11 is 1.92. The van der Waals surface area contributed by atoms with E-state index in [-0.39, 0.29) is 6.10 Å². The summed E-state index contributed by atoms with van der Waals surface area (Å²) in [6, 6.07) is 8.44. The van der Waals surface area contributed by atoms with Crippen molar-refractivity contribution in [3.63, 3.8) is 0 Å². The lowest BCUT2D eigenvalue weighted by atomic mass is 10.0. The number of thioether (sulfide) groups is 1. The number of aryl methyl sites for hydroxylation is 1. The number of hydrogen-bond donors (Lipinski definition) is 1. The Morgan fingerprint density at radius 3 is 3.07 bits per heavy atom. The van der Waals surface area contributed by atoms with Gasteiger partial charge in [-0.25, -0.2) is 0 Å². The third-order valence-electron chi connectivity index (χ3n) is 2.92. The van der Waals surface area contributed by atoms with Gasteiger partial charge in [-0.3, -0.25) is 0 Å². The van der Waals surface area contributed by atoms with Crippen LogP contribution in [0.4, 0.5) is 0 Å². The lowest BCUT2D eigenvalue weighted by Gasteiger charge is -2.17. The van der Waals surface area contributed by atoms with Crippen molar-refractivity contribution in [2.24, 2.45) is 0 Å². The highest BCUT2D eigenvalue weighted by molar-refractivity contribution is 8.00. The molecule has 1 heterocycles. The molecule has 2 unspecified atom stereocenters. The van der Waals surface area contributed by atoms with Crippen LogP contribution in [0.2, 0.25) is 0 Å². The van der Waals surface area contributed by atoms with Crippen LogP contribution in [-0.2, 0) is 6.42 Å². The number of aliphatic hydroxyl groups excluding tert-OH is 1. The quantitative estimate of drug-likeness (QED) is 0.848. The first-order chi connectivity index (χ1) is 7.25. The van der Waals surface area contributed by atoms with Gasteiger partial charge in [-0.15, -0.1) is 0 Å². The minimum Gasteiger partial charge on any atom is -0.392 e. The zero-order valence-electron chi connectivity index (χ0n) is 9.15. The average Bonchev–Trinajstić information content (AvgIpc) is 2.70. The monoisotopic (exact) mass is 222 g/mol. The van der Waals surface area contributed by atoms with Crippen molar-refractivity contribution in [3.05, 3.63) is 35.4 Å². The first kappa shape index (κ1) is 11.0. The molecule has 2 heteroatoms. The second kappa shape index (κ2) is 5.04. The van der Waals surface area contributed by atoms with Crippen molar-refractivity contribution in [2.75, 3.05) is 5.75 Å². The summed E-state index contributed by atoms with van der Waals surface area (Å²) in [7, 11) is 0. The molecule has 0 aromatic heterocycles. The molecule has 82 valence electrons. The molecule has 1 N–H and O–H groups in total. The van der Waals surface area contributed by atoms with Crippen molar-refractivity contribution in [1.82, 2.24) is 0 Å². The summed E-state index contributed by atoms with van der Waals surface area (Å²) in [5.74, 6) is 1.22. The van der Waals surface area contributed by atoms with Crippen molar-refractivity contribution in [1.29, 1.82) is 0 Å². The molecule has 1 aromatic rings. The van der Waals surface area contributed by atoms with Gasteiger partial charge in [0, 0.05) is 5.25 Å². The number of rotatable bonds is 3. The highest BCUT2D eigenvalue weighted by Crippen LogP contribution is 2.30. The maximum absolute atomic E-state index is 10.1. The molecular formula is C13H18OS. The molecule has 1 fully saturated rings. The average molecular weight is 222 g/mol. The summed E-state index contributed by atoms with van der Waals surface area (Å²) in [5, 5.41) is 10.5. The molecule has 15 heavy (non-hydrogen) atoms. The largest absolute Gasteiger partial charge is 0.392 e. The highest BCUT2D eigenvalue weighted by atomic mass is 32.2. The van der Waals surface area contributed by atoms with Gasteiger partial charge in [0.1, 0.15) is 0 Å². The Kier molecular flexibility index (Phi) is 3.71. The van der Waals surface area contributed by atoms with Gasteiger partial charge < -0.3 is 5.11 Å². The van der Waals surface area contributed by atoms with Crippen LogP contribution in [0.15, 0.2) is 24.3 Å². The molecular weight excluding hydrogens is 204 g/mol. The number of benzene rings is 1. The van der Waals surface area contributed by atoms with Gasteiger partial charge in [0.25, 0.3) is 0 Å². The standard InChI is InChI=1S/C13H18OS/c1-10-4-2-5-11(8-10)9-12(14)13-6-3-7-15-13/h2,4-5,8,12-14H,3,6-7,9H2,1H3. The van der Waals surface area contributed by atoms with Crippen LogP contribution < -0.4 is 0 Å². The van der Waals surface area contributed by atoms with Crippen LogP contribution in [-0.4, -0.2) is 22.2 Å². The van der Waals surface area contributed by atoms with E-state index in [9.17, 15) is 5.11 Å². The van der Waals surface area contributed by atoms with Crippen molar-refractivity contribution >= 4 is 11.8 Å². The van der Waals surface area contributed by atoms with Crippen LogP contribution >= 0.6 is 11.8 Å². The van der Waals surface area contributed by atoms with E-state index in [0.717, 1.165) is 6.42 Å². The van der Waals surface area contributed by atoms with E-state index < -0.39 is 0 Å². The zero-order chi connectivity index (χ0) is 10.7. The zero-order valence-corrected chi connectivity index (χ0v) is 9.96. The lowest BCUT2D eigenvalue weighted by molar-refractivity contribution is 0.170. The summed E-state index contributed by atoms with van der Waals surface area (Å²) in [6.07, 6.45) is 3.08. The van der Waals surface area contributed by atoms with Gasteiger partial charge >= 0.3 is 0 Å². The number of hydrogen-bond acceptors (Lipinski definition) is 2. The molecule has 0 saturated carbocycles. The van der Waals surface area contributed by atoms with E-state index >= 15 is 0 Å². The second-order valence-electron chi connectivity index (χ2n) is 4.31. The second-order valence-corrected chi connectivity index (χ2v) is 5.66. The van der Waals surface area contributed by atoms with E-state index in [4.69, 9.17) is 0 Å². The van der Waals surface area contributed by atoms with Gasteiger partial charge in [0.05, 0.1) is 6.10 Å². The Morgan fingerprint density at radius 1 is 1.53 bits per heavy atom. The van der Waals surface area contributed by atoms with E-state index in [0.29, 0.717) is 5.25 Å². The smallest absolute Gasteiger partial charge is 0.0699 e. The van der Waals surface area contributed by atoms with Gasteiger partial charge in [0.15, 0.2) is 0 Å². The molecule has 2 rings (SSSR count). The summed E-state index contributed by atoms with van der Waals surface area (Å²) in [6.45, 7) is 2.10. The lowest BCUT2D eigenvalue weighted by Crippen LogP contribution is -2.23. The Hall–Kier alpha value is -0.470.